The Kier molecular flexibility index (Phi) is 7.22. The van der Waals surface area contributed by atoms with Crippen molar-refractivity contribution in [2.24, 2.45) is 0 Å². The van der Waals surface area contributed by atoms with Crippen molar-refractivity contribution in [2.45, 2.75) is 32.7 Å². The van der Waals surface area contributed by atoms with Crippen molar-refractivity contribution in [3.05, 3.63) is 21.3 Å². The van der Waals surface area contributed by atoms with Crippen LogP contribution in [0.5, 0.6) is 0 Å². The molecule has 0 aromatic carbocycles. The standard InChI is InChI=1S/C13H19Cl3N2O/c1-4-9(5-2)18(6-7-19-3)13-11(15)8-10(14)12(16)17-13/h8-9H,4-7H2,1-3H3. The number of pyridine rings is 1. The van der Waals surface area contributed by atoms with Gasteiger partial charge in [0.1, 0.15) is 11.0 Å². The van der Waals surface area contributed by atoms with Crippen molar-refractivity contribution in [2.75, 3.05) is 25.2 Å². The Balaban J connectivity index is 3.12. The molecule has 0 spiro atoms. The summed E-state index contributed by atoms with van der Waals surface area (Å²) in [6.45, 7) is 5.60. The minimum atomic E-state index is 0.273. The normalized spacial score (nSPS) is 11.1. The van der Waals surface area contributed by atoms with E-state index in [0.717, 1.165) is 12.8 Å². The third kappa shape index (κ3) is 4.38. The Morgan fingerprint density at radius 1 is 1.21 bits per heavy atom. The minimum absolute atomic E-state index is 0.273. The number of anilines is 1. The number of hydrogen-bond donors (Lipinski definition) is 0. The van der Waals surface area contributed by atoms with Crippen LogP contribution in [0.15, 0.2) is 6.07 Å². The lowest BCUT2D eigenvalue weighted by Crippen LogP contribution is -2.38. The van der Waals surface area contributed by atoms with Gasteiger partial charge in [0.25, 0.3) is 0 Å². The first-order chi connectivity index (χ1) is 9.04. The first kappa shape index (κ1) is 16.8. The second kappa shape index (κ2) is 8.15. The van der Waals surface area contributed by atoms with Crippen LogP contribution < -0.4 is 4.90 Å². The van der Waals surface area contributed by atoms with Crippen molar-refractivity contribution >= 4 is 40.6 Å². The molecule has 1 aromatic heterocycles. The van der Waals surface area contributed by atoms with Crippen LogP contribution in [0.2, 0.25) is 15.2 Å². The van der Waals surface area contributed by atoms with Crippen LogP contribution in [-0.4, -0.2) is 31.3 Å². The Labute approximate surface area is 129 Å². The highest BCUT2D eigenvalue weighted by Gasteiger charge is 2.20. The molecular weight excluding hydrogens is 307 g/mol. The maximum atomic E-state index is 6.25. The average molecular weight is 326 g/mol. The van der Waals surface area contributed by atoms with Crippen LogP contribution >= 0.6 is 34.8 Å². The summed E-state index contributed by atoms with van der Waals surface area (Å²) < 4.78 is 5.16. The first-order valence-electron chi connectivity index (χ1n) is 6.32. The largest absolute Gasteiger partial charge is 0.383 e. The van der Waals surface area contributed by atoms with Gasteiger partial charge in [0, 0.05) is 19.7 Å². The van der Waals surface area contributed by atoms with E-state index in [0.29, 0.717) is 35.1 Å². The quantitative estimate of drug-likeness (QED) is 0.680. The van der Waals surface area contributed by atoms with Crippen molar-refractivity contribution in [3.8, 4) is 0 Å². The third-order valence-electron chi connectivity index (χ3n) is 3.06. The lowest BCUT2D eigenvalue weighted by atomic mass is 10.1. The fourth-order valence-electron chi connectivity index (χ4n) is 2.02. The minimum Gasteiger partial charge on any atom is -0.383 e. The second-order valence-electron chi connectivity index (χ2n) is 4.22. The SMILES string of the molecule is CCC(CC)N(CCOC)c1nc(Cl)c(Cl)cc1Cl. The number of rotatable bonds is 7. The highest BCUT2D eigenvalue weighted by Crippen LogP contribution is 2.32. The zero-order valence-electron chi connectivity index (χ0n) is 11.4. The average Bonchev–Trinajstić information content (AvgIpc) is 2.39. The zero-order chi connectivity index (χ0) is 14.4. The number of hydrogen-bond acceptors (Lipinski definition) is 3. The van der Waals surface area contributed by atoms with E-state index in [4.69, 9.17) is 39.5 Å². The summed E-state index contributed by atoms with van der Waals surface area (Å²) in [5.41, 5.74) is 0. The smallest absolute Gasteiger partial charge is 0.150 e. The lowest BCUT2D eigenvalue weighted by molar-refractivity contribution is 0.202. The van der Waals surface area contributed by atoms with Gasteiger partial charge in [-0.3, -0.25) is 0 Å². The summed E-state index contributed by atoms with van der Waals surface area (Å²) in [7, 11) is 1.68. The van der Waals surface area contributed by atoms with E-state index in [1.165, 1.54) is 0 Å². The van der Waals surface area contributed by atoms with Gasteiger partial charge >= 0.3 is 0 Å². The maximum Gasteiger partial charge on any atom is 0.150 e. The Morgan fingerprint density at radius 3 is 2.37 bits per heavy atom. The molecule has 0 aliphatic rings. The van der Waals surface area contributed by atoms with Gasteiger partial charge in [0.2, 0.25) is 0 Å². The topological polar surface area (TPSA) is 25.4 Å². The monoisotopic (exact) mass is 324 g/mol. The summed E-state index contributed by atoms with van der Waals surface area (Å²) in [6.07, 6.45) is 2.00. The molecule has 0 unspecified atom stereocenters. The van der Waals surface area contributed by atoms with Crippen LogP contribution in [0.4, 0.5) is 5.82 Å². The molecule has 1 aromatic rings. The van der Waals surface area contributed by atoms with E-state index in [-0.39, 0.29) is 5.15 Å². The predicted molar refractivity (Wildman–Crippen MR) is 82.9 cm³/mol. The van der Waals surface area contributed by atoms with E-state index in [1.807, 2.05) is 0 Å². The maximum absolute atomic E-state index is 6.25. The van der Waals surface area contributed by atoms with Gasteiger partial charge < -0.3 is 9.64 Å². The first-order valence-corrected chi connectivity index (χ1v) is 7.45. The number of halogens is 3. The molecule has 6 heteroatoms. The summed E-state index contributed by atoms with van der Waals surface area (Å²) in [6, 6.07) is 1.98. The highest BCUT2D eigenvalue weighted by molar-refractivity contribution is 6.42. The molecule has 0 amide bonds. The number of methoxy groups -OCH3 is 1. The van der Waals surface area contributed by atoms with Crippen molar-refractivity contribution in [1.82, 2.24) is 4.98 Å². The molecule has 0 atom stereocenters. The van der Waals surface area contributed by atoms with Gasteiger partial charge in [-0.25, -0.2) is 4.98 Å². The molecule has 0 saturated heterocycles. The van der Waals surface area contributed by atoms with Gasteiger partial charge in [-0.15, -0.1) is 0 Å². The summed E-state index contributed by atoms with van der Waals surface area (Å²) in [5, 5.41) is 1.15. The molecule has 0 bridgehead atoms. The van der Waals surface area contributed by atoms with Gasteiger partial charge in [-0.05, 0) is 18.9 Å². The molecule has 3 nitrogen and oxygen atoms in total. The molecule has 108 valence electrons. The molecule has 0 radical (unpaired) electrons. The van der Waals surface area contributed by atoms with Gasteiger partial charge in [-0.2, -0.15) is 0 Å². The molecule has 0 fully saturated rings. The van der Waals surface area contributed by atoms with Crippen molar-refractivity contribution in [1.29, 1.82) is 0 Å². The molecule has 0 aliphatic carbocycles. The molecule has 1 heterocycles. The van der Waals surface area contributed by atoms with Gasteiger partial charge in [-0.1, -0.05) is 48.7 Å². The van der Waals surface area contributed by atoms with Crippen molar-refractivity contribution in [3.63, 3.8) is 0 Å². The van der Waals surface area contributed by atoms with Gasteiger partial charge in [0.05, 0.1) is 16.7 Å². The van der Waals surface area contributed by atoms with E-state index < -0.39 is 0 Å². The van der Waals surface area contributed by atoms with Crippen LogP contribution in [0, 0.1) is 0 Å². The van der Waals surface area contributed by atoms with Crippen LogP contribution in [0.1, 0.15) is 26.7 Å². The molecule has 0 aliphatic heterocycles. The fraction of sp³-hybridized carbons (Fsp3) is 0.615. The third-order valence-corrected chi connectivity index (χ3v) is 4.01. The van der Waals surface area contributed by atoms with E-state index >= 15 is 0 Å². The van der Waals surface area contributed by atoms with E-state index in [9.17, 15) is 0 Å². The highest BCUT2D eigenvalue weighted by atomic mass is 35.5. The summed E-state index contributed by atoms with van der Waals surface area (Å²) in [4.78, 5) is 6.45. The fourth-order valence-corrected chi connectivity index (χ4v) is 2.62. The van der Waals surface area contributed by atoms with Crippen molar-refractivity contribution < 1.29 is 4.74 Å². The van der Waals surface area contributed by atoms with E-state index in [1.54, 1.807) is 13.2 Å². The molecule has 0 N–H and O–H groups in total. The van der Waals surface area contributed by atoms with Crippen LogP contribution in [0.25, 0.3) is 0 Å². The molecule has 0 saturated carbocycles. The lowest BCUT2D eigenvalue weighted by Gasteiger charge is -2.32. The Morgan fingerprint density at radius 2 is 1.84 bits per heavy atom. The van der Waals surface area contributed by atoms with Gasteiger partial charge in [0.15, 0.2) is 0 Å². The number of ether oxygens (including phenoxy) is 1. The Hall–Kier alpha value is -0.220. The second-order valence-corrected chi connectivity index (χ2v) is 5.40. The number of nitrogens with zero attached hydrogens (tertiary/aromatic N) is 2. The van der Waals surface area contributed by atoms with E-state index in [2.05, 4.69) is 23.7 Å². The van der Waals surface area contributed by atoms with Crippen LogP contribution in [0.3, 0.4) is 0 Å². The molecule has 1 rings (SSSR count). The Bertz CT molecular complexity index is 411. The van der Waals surface area contributed by atoms with Crippen LogP contribution in [-0.2, 0) is 4.74 Å². The predicted octanol–water partition coefficient (Wildman–Crippen LogP) is 4.68. The molecular formula is C13H19Cl3N2O. The summed E-state index contributed by atoms with van der Waals surface area (Å²) in [5.74, 6) is 0.668. The molecule has 19 heavy (non-hydrogen) atoms. The number of aromatic nitrogens is 1. The zero-order valence-corrected chi connectivity index (χ0v) is 13.7. The summed E-state index contributed by atoms with van der Waals surface area (Å²) >= 11 is 18.2.